The minimum atomic E-state index is -0.566. The maximum atomic E-state index is 14.3. The summed E-state index contributed by atoms with van der Waals surface area (Å²) in [7, 11) is 0. The molecule has 2 N–H and O–H groups in total. The molecule has 0 saturated heterocycles. The van der Waals surface area contributed by atoms with E-state index in [0.717, 1.165) is 42.4 Å². The number of aliphatic hydroxyl groups is 2. The number of hydrogen-bond acceptors (Lipinski definition) is 6. The Morgan fingerprint density at radius 2 is 1.71 bits per heavy atom. The second-order valence-electron chi connectivity index (χ2n) is 16.0. The van der Waals surface area contributed by atoms with Gasteiger partial charge in [0, 0.05) is 12.5 Å². The molecule has 5 rings (SSSR count). The van der Waals surface area contributed by atoms with E-state index < -0.39 is 18.2 Å². The van der Waals surface area contributed by atoms with Crippen molar-refractivity contribution in [3.8, 4) is 5.75 Å². The van der Waals surface area contributed by atoms with Crippen LogP contribution in [-0.2, 0) is 14.3 Å². The third-order valence-corrected chi connectivity index (χ3v) is 13.1. The molecular weight excluding hydrogens is 564 g/mol. The number of carbonyl (C=O) groups excluding carboxylic acids is 2. The van der Waals surface area contributed by atoms with Crippen LogP contribution in [-0.4, -0.2) is 40.5 Å². The summed E-state index contributed by atoms with van der Waals surface area (Å²) in [4.78, 5) is 26.9. The van der Waals surface area contributed by atoms with Gasteiger partial charge in [-0.15, -0.1) is 0 Å². The number of aliphatic hydroxyl groups excluding tert-OH is 2. The quantitative estimate of drug-likeness (QED) is 0.146. The lowest BCUT2D eigenvalue weighted by Gasteiger charge is -2.69. The molecule has 0 radical (unpaired) electrons. The summed E-state index contributed by atoms with van der Waals surface area (Å²) in [5, 5.41) is 23.0. The maximum absolute atomic E-state index is 14.3. The molecule has 248 valence electrons. The monoisotopic (exact) mass is 620 g/mol. The zero-order valence-corrected chi connectivity index (χ0v) is 29.0. The average molecular weight is 621 g/mol. The van der Waals surface area contributed by atoms with Gasteiger partial charge >= 0.3 is 11.9 Å². The van der Waals surface area contributed by atoms with Gasteiger partial charge in [0.2, 0.25) is 0 Å². The van der Waals surface area contributed by atoms with Crippen molar-refractivity contribution in [2.45, 2.75) is 132 Å². The molecule has 4 fully saturated rings. The molecule has 10 atom stereocenters. The molecule has 0 aromatic heterocycles. The van der Waals surface area contributed by atoms with E-state index in [-0.39, 0.29) is 46.1 Å². The first-order chi connectivity index (χ1) is 21.0. The number of ether oxygens (including phenoxy) is 2. The molecule has 0 aliphatic heterocycles. The molecule has 0 unspecified atom stereocenters. The highest BCUT2D eigenvalue weighted by Crippen LogP contribution is 2.74. The minimum absolute atomic E-state index is 0.0493. The third kappa shape index (κ3) is 5.73. The molecule has 0 amide bonds. The Hall–Kier alpha value is -2.44. The minimum Gasteiger partial charge on any atom is -0.458 e. The number of rotatable bonds is 6. The van der Waals surface area contributed by atoms with Crippen molar-refractivity contribution < 1.29 is 29.3 Å². The summed E-state index contributed by atoms with van der Waals surface area (Å²) in [6.07, 6.45) is 6.58. The molecule has 0 bridgehead atoms. The molecular formula is C39H56O6. The normalized spacial score (nSPS) is 40.0. The van der Waals surface area contributed by atoms with Crippen LogP contribution in [0.3, 0.4) is 0 Å². The molecule has 1 aromatic carbocycles. The van der Waals surface area contributed by atoms with E-state index in [1.54, 1.807) is 0 Å². The summed E-state index contributed by atoms with van der Waals surface area (Å²) >= 11 is 0. The summed E-state index contributed by atoms with van der Waals surface area (Å²) in [6.45, 7) is 18.7. The van der Waals surface area contributed by atoms with Gasteiger partial charge in [-0.25, -0.2) is 4.79 Å². The first-order valence-electron chi connectivity index (χ1n) is 17.2. The number of carbonyl (C=O) groups is 2. The second-order valence-corrected chi connectivity index (χ2v) is 16.0. The van der Waals surface area contributed by atoms with E-state index in [9.17, 15) is 19.8 Å². The van der Waals surface area contributed by atoms with Crippen LogP contribution in [0.15, 0.2) is 41.0 Å². The molecule has 4 aliphatic rings. The van der Waals surface area contributed by atoms with Crippen LogP contribution >= 0.6 is 0 Å². The number of aryl methyl sites for hydroxylation is 2. The smallest absolute Gasteiger partial charge is 0.339 e. The lowest BCUT2D eigenvalue weighted by molar-refractivity contribution is -0.234. The second kappa shape index (κ2) is 12.3. The molecule has 4 saturated carbocycles. The Kier molecular flexibility index (Phi) is 9.27. The molecule has 4 aliphatic carbocycles. The Morgan fingerprint density at radius 1 is 1.00 bits per heavy atom. The van der Waals surface area contributed by atoms with Crippen molar-refractivity contribution in [1.82, 2.24) is 0 Å². The molecule has 6 nitrogen and oxygen atoms in total. The number of hydrogen-bond donors (Lipinski definition) is 2. The fourth-order valence-corrected chi connectivity index (χ4v) is 10.8. The largest absolute Gasteiger partial charge is 0.458 e. The van der Waals surface area contributed by atoms with Gasteiger partial charge in [0.15, 0.2) is 0 Å². The van der Waals surface area contributed by atoms with Gasteiger partial charge in [-0.3, -0.25) is 4.79 Å². The standard InChI is InChI=1S/C39H56O6/c1-22(2)11-10-12-27(36(43)45-32-19-23(3)13-14-24(32)4)34-29-20-31(42)35-37(7)17-16-30(41)25(5)28(37)15-18-38(35,8)39(29,9)21-33(34)44-26(6)40/h11,13-14,19,25,28-31,33,35,41-42H,10,12,15-18,20-21H2,1-9H3/b34-27-/t25-,28-,29-,30+,31+,33-,35-,37-,38-,39-/m0/s1. The maximum Gasteiger partial charge on any atom is 0.339 e. The van der Waals surface area contributed by atoms with E-state index in [2.05, 4.69) is 47.6 Å². The Morgan fingerprint density at radius 3 is 2.38 bits per heavy atom. The predicted molar refractivity (Wildman–Crippen MR) is 176 cm³/mol. The van der Waals surface area contributed by atoms with Crippen LogP contribution < -0.4 is 4.74 Å². The highest BCUT2D eigenvalue weighted by atomic mass is 16.5. The van der Waals surface area contributed by atoms with Crippen LogP contribution in [0.25, 0.3) is 0 Å². The van der Waals surface area contributed by atoms with Gasteiger partial charge in [0.25, 0.3) is 0 Å². The topological polar surface area (TPSA) is 93.1 Å². The van der Waals surface area contributed by atoms with E-state index in [0.29, 0.717) is 42.9 Å². The van der Waals surface area contributed by atoms with Gasteiger partial charge in [-0.05, 0) is 142 Å². The highest BCUT2D eigenvalue weighted by Gasteiger charge is 2.70. The van der Waals surface area contributed by atoms with Crippen molar-refractivity contribution >= 4 is 11.9 Å². The zero-order chi connectivity index (χ0) is 33.1. The lowest BCUT2D eigenvalue weighted by atomic mass is 9.36. The summed E-state index contributed by atoms with van der Waals surface area (Å²) in [5.41, 5.74) is 3.85. The number of esters is 2. The Balaban J connectivity index is 1.63. The summed E-state index contributed by atoms with van der Waals surface area (Å²) < 4.78 is 12.3. The van der Waals surface area contributed by atoms with Gasteiger partial charge in [-0.2, -0.15) is 0 Å². The molecule has 6 heteroatoms. The van der Waals surface area contributed by atoms with Crippen LogP contribution in [0.2, 0.25) is 0 Å². The van der Waals surface area contributed by atoms with Crippen LogP contribution in [0.1, 0.15) is 111 Å². The van der Waals surface area contributed by atoms with Crippen molar-refractivity contribution in [2.75, 3.05) is 0 Å². The van der Waals surface area contributed by atoms with Gasteiger partial charge < -0.3 is 19.7 Å². The van der Waals surface area contributed by atoms with Crippen molar-refractivity contribution in [3.63, 3.8) is 0 Å². The molecule has 45 heavy (non-hydrogen) atoms. The predicted octanol–water partition coefficient (Wildman–Crippen LogP) is 7.80. The number of fused-ring (bicyclic) bond motifs is 5. The van der Waals surface area contributed by atoms with E-state index in [4.69, 9.17) is 9.47 Å². The van der Waals surface area contributed by atoms with Crippen molar-refractivity contribution in [2.24, 2.45) is 39.9 Å². The number of benzene rings is 1. The fourth-order valence-electron chi connectivity index (χ4n) is 10.8. The lowest BCUT2D eigenvalue weighted by Crippen LogP contribution is -2.65. The highest BCUT2D eigenvalue weighted by molar-refractivity contribution is 5.92. The molecule has 1 aromatic rings. The van der Waals surface area contributed by atoms with E-state index >= 15 is 0 Å². The van der Waals surface area contributed by atoms with E-state index in [1.807, 2.05) is 32.0 Å². The zero-order valence-electron chi connectivity index (χ0n) is 29.0. The third-order valence-electron chi connectivity index (χ3n) is 13.1. The molecule has 0 spiro atoms. The summed E-state index contributed by atoms with van der Waals surface area (Å²) in [6, 6.07) is 5.86. The Bertz CT molecular complexity index is 1390. The van der Waals surface area contributed by atoms with Gasteiger partial charge in [-0.1, -0.05) is 51.5 Å². The van der Waals surface area contributed by atoms with Crippen molar-refractivity contribution in [3.05, 3.63) is 52.1 Å². The Labute approximate surface area is 270 Å². The molecule has 0 heterocycles. The fraction of sp³-hybridized carbons (Fsp3) is 0.692. The first-order valence-corrected chi connectivity index (χ1v) is 17.2. The first kappa shape index (κ1) is 33.9. The van der Waals surface area contributed by atoms with Gasteiger partial charge in [0.05, 0.1) is 12.2 Å². The SMILES string of the molecule is CC(=O)O[C@H]1C[C@@]2(C)[C@@H](C[C@@H](O)[C@H]3[C@@]4(C)CC[C@@H](O)[C@@H](C)[C@@H]4CC[C@@]32C)/C1=C(\CCC=C(C)C)C(=O)Oc1cc(C)ccc1C. The van der Waals surface area contributed by atoms with Crippen LogP contribution in [0, 0.1) is 53.8 Å². The van der Waals surface area contributed by atoms with E-state index in [1.165, 1.54) is 12.5 Å². The van der Waals surface area contributed by atoms with Crippen molar-refractivity contribution in [1.29, 1.82) is 0 Å². The number of allylic oxidation sites excluding steroid dienone is 2. The van der Waals surface area contributed by atoms with Crippen LogP contribution in [0.4, 0.5) is 0 Å². The summed E-state index contributed by atoms with van der Waals surface area (Å²) in [5.74, 6) is 0.253. The van der Waals surface area contributed by atoms with Crippen LogP contribution in [0.5, 0.6) is 5.75 Å². The average Bonchev–Trinajstić information content (AvgIpc) is 3.22. The van der Waals surface area contributed by atoms with Gasteiger partial charge in [0.1, 0.15) is 11.9 Å².